The molecule has 0 spiro atoms. The molecule has 3 aromatic rings. The first-order valence-corrected chi connectivity index (χ1v) is 7.80. The highest BCUT2D eigenvalue weighted by molar-refractivity contribution is 7.18. The van der Waals surface area contributed by atoms with Crippen molar-refractivity contribution in [3.05, 3.63) is 63.6 Å². The largest absolute Gasteiger partial charge is 0.241 e. The van der Waals surface area contributed by atoms with Crippen LogP contribution in [-0.4, -0.2) is 4.98 Å². The summed E-state index contributed by atoms with van der Waals surface area (Å²) < 4.78 is 28.3. The zero-order valence-electron chi connectivity index (χ0n) is 10.6. The number of halogens is 4. The molecule has 2 aromatic carbocycles. The van der Waals surface area contributed by atoms with E-state index in [-0.39, 0.29) is 10.6 Å². The van der Waals surface area contributed by atoms with E-state index in [2.05, 4.69) is 4.98 Å². The maximum Gasteiger partial charge on any atom is 0.142 e. The number of hydrogen-bond donors (Lipinski definition) is 0. The Bertz CT molecular complexity index is 770. The number of fused-ring (bicyclic) bond motifs is 1. The monoisotopic (exact) mass is 343 g/mol. The summed E-state index contributed by atoms with van der Waals surface area (Å²) in [6.45, 7) is 0. The fraction of sp³-hybridized carbons (Fsp3) is 0.133. The van der Waals surface area contributed by atoms with Crippen molar-refractivity contribution in [1.29, 1.82) is 0 Å². The SMILES string of the molecule is Fc1cc(C(Cl)Cc2nc3ccccc3s2)c(F)cc1Cl. The van der Waals surface area contributed by atoms with E-state index in [1.54, 1.807) is 0 Å². The molecular weight excluding hydrogens is 335 g/mol. The first-order valence-electron chi connectivity index (χ1n) is 6.17. The van der Waals surface area contributed by atoms with Crippen molar-refractivity contribution in [3.63, 3.8) is 0 Å². The predicted molar refractivity (Wildman–Crippen MR) is 83.3 cm³/mol. The van der Waals surface area contributed by atoms with Crippen molar-refractivity contribution in [1.82, 2.24) is 4.98 Å². The zero-order valence-corrected chi connectivity index (χ0v) is 12.9. The quantitative estimate of drug-likeness (QED) is 0.435. The Morgan fingerprint density at radius 1 is 1.14 bits per heavy atom. The highest BCUT2D eigenvalue weighted by atomic mass is 35.5. The number of benzene rings is 2. The van der Waals surface area contributed by atoms with Gasteiger partial charge < -0.3 is 0 Å². The molecule has 21 heavy (non-hydrogen) atoms. The average molecular weight is 344 g/mol. The third-order valence-electron chi connectivity index (χ3n) is 3.07. The lowest BCUT2D eigenvalue weighted by atomic mass is 10.1. The van der Waals surface area contributed by atoms with Crippen molar-refractivity contribution in [2.45, 2.75) is 11.8 Å². The maximum atomic E-state index is 13.8. The number of thiazole rings is 1. The molecule has 0 aliphatic heterocycles. The van der Waals surface area contributed by atoms with Gasteiger partial charge in [0.2, 0.25) is 0 Å². The molecule has 0 saturated carbocycles. The fourth-order valence-corrected chi connectivity index (χ4v) is 3.62. The standard InChI is InChI=1S/C15H9Cl2F2NS/c16-9(8-5-12(19)10(17)6-11(8)18)7-15-20-13-3-1-2-4-14(13)21-15/h1-6,9H,7H2. The van der Waals surface area contributed by atoms with Crippen LogP contribution in [0.3, 0.4) is 0 Å². The molecular formula is C15H9Cl2F2NS. The van der Waals surface area contributed by atoms with Gasteiger partial charge in [-0.2, -0.15) is 0 Å². The van der Waals surface area contributed by atoms with E-state index in [9.17, 15) is 8.78 Å². The molecule has 1 atom stereocenters. The van der Waals surface area contributed by atoms with Crippen molar-refractivity contribution in [3.8, 4) is 0 Å². The molecule has 0 saturated heterocycles. The van der Waals surface area contributed by atoms with Gasteiger partial charge in [0.05, 0.1) is 25.6 Å². The van der Waals surface area contributed by atoms with Gasteiger partial charge in [0.25, 0.3) is 0 Å². The van der Waals surface area contributed by atoms with Crippen LogP contribution in [0.15, 0.2) is 36.4 Å². The topological polar surface area (TPSA) is 12.9 Å². The summed E-state index contributed by atoms with van der Waals surface area (Å²) in [5, 5.41) is -0.164. The number of hydrogen-bond acceptors (Lipinski definition) is 2. The van der Waals surface area contributed by atoms with Gasteiger partial charge in [-0.1, -0.05) is 23.7 Å². The molecule has 0 N–H and O–H groups in total. The van der Waals surface area contributed by atoms with E-state index in [4.69, 9.17) is 23.2 Å². The molecule has 0 fully saturated rings. The molecule has 0 radical (unpaired) electrons. The van der Waals surface area contributed by atoms with Crippen LogP contribution in [0, 0.1) is 11.6 Å². The molecule has 1 heterocycles. The van der Waals surface area contributed by atoms with Gasteiger partial charge in [-0.15, -0.1) is 22.9 Å². The summed E-state index contributed by atoms with van der Waals surface area (Å²) in [5.74, 6) is -1.29. The highest BCUT2D eigenvalue weighted by Gasteiger charge is 2.18. The van der Waals surface area contributed by atoms with Crippen LogP contribution in [0.25, 0.3) is 10.2 Å². The van der Waals surface area contributed by atoms with Crippen molar-refractivity contribution < 1.29 is 8.78 Å². The zero-order chi connectivity index (χ0) is 15.0. The molecule has 1 nitrogen and oxygen atoms in total. The van der Waals surface area contributed by atoms with Gasteiger partial charge in [0.1, 0.15) is 11.6 Å². The number of para-hydroxylation sites is 1. The Kier molecular flexibility index (Phi) is 4.11. The smallest absolute Gasteiger partial charge is 0.142 e. The summed E-state index contributed by atoms with van der Waals surface area (Å²) in [6.07, 6.45) is 0.332. The molecule has 3 rings (SSSR count). The van der Waals surface area contributed by atoms with Crippen LogP contribution < -0.4 is 0 Å². The number of rotatable bonds is 3. The Balaban J connectivity index is 1.89. The summed E-state index contributed by atoms with van der Waals surface area (Å²) in [4.78, 5) is 4.44. The highest BCUT2D eigenvalue weighted by Crippen LogP contribution is 2.32. The molecule has 0 aliphatic carbocycles. The third-order valence-corrected chi connectivity index (χ3v) is 4.81. The minimum Gasteiger partial charge on any atom is -0.241 e. The minimum atomic E-state index is -0.697. The second-order valence-electron chi connectivity index (χ2n) is 4.53. The normalized spacial score (nSPS) is 12.8. The van der Waals surface area contributed by atoms with Gasteiger partial charge in [0, 0.05) is 12.0 Å². The Morgan fingerprint density at radius 2 is 1.90 bits per heavy atom. The van der Waals surface area contributed by atoms with Crippen LogP contribution in [0.4, 0.5) is 8.78 Å². The van der Waals surface area contributed by atoms with E-state index in [1.165, 1.54) is 11.3 Å². The summed E-state index contributed by atoms with van der Waals surface area (Å²) in [6, 6.07) is 9.68. The molecule has 1 aromatic heterocycles. The predicted octanol–water partition coefficient (Wildman–Crippen LogP) is 5.75. The first kappa shape index (κ1) is 14.7. The fourth-order valence-electron chi connectivity index (χ4n) is 2.05. The first-order chi connectivity index (χ1) is 10.0. The lowest BCUT2D eigenvalue weighted by molar-refractivity contribution is 0.582. The van der Waals surface area contributed by atoms with E-state index < -0.39 is 17.0 Å². The second-order valence-corrected chi connectivity index (χ2v) is 6.58. The van der Waals surface area contributed by atoms with Gasteiger partial charge >= 0.3 is 0 Å². The Labute approximate surface area is 134 Å². The third kappa shape index (κ3) is 3.03. The molecule has 0 bridgehead atoms. The minimum absolute atomic E-state index is 0.0952. The summed E-state index contributed by atoms with van der Waals surface area (Å²) in [5.41, 5.74) is 0.974. The van der Waals surface area contributed by atoms with Crippen molar-refractivity contribution in [2.24, 2.45) is 0 Å². The molecule has 0 aliphatic rings. The van der Waals surface area contributed by atoms with Crippen molar-refractivity contribution in [2.75, 3.05) is 0 Å². The van der Waals surface area contributed by atoms with Crippen LogP contribution in [0.1, 0.15) is 15.9 Å². The molecule has 108 valence electrons. The number of aromatic nitrogens is 1. The van der Waals surface area contributed by atoms with Gasteiger partial charge in [-0.3, -0.25) is 0 Å². The van der Waals surface area contributed by atoms with Crippen LogP contribution >= 0.6 is 34.5 Å². The Hall–Kier alpha value is -1.23. The molecule has 1 unspecified atom stereocenters. The summed E-state index contributed by atoms with van der Waals surface area (Å²) >= 11 is 13.2. The average Bonchev–Trinajstić information content (AvgIpc) is 2.84. The lowest BCUT2D eigenvalue weighted by Gasteiger charge is -2.10. The van der Waals surface area contributed by atoms with E-state index in [1.807, 2.05) is 24.3 Å². The summed E-state index contributed by atoms with van der Waals surface area (Å²) in [7, 11) is 0. The number of alkyl halides is 1. The maximum absolute atomic E-state index is 13.8. The molecule has 0 amide bonds. The van der Waals surface area contributed by atoms with Gasteiger partial charge in [-0.25, -0.2) is 13.8 Å². The van der Waals surface area contributed by atoms with Crippen LogP contribution in [0.2, 0.25) is 5.02 Å². The van der Waals surface area contributed by atoms with Crippen molar-refractivity contribution >= 4 is 44.8 Å². The van der Waals surface area contributed by atoms with Crippen LogP contribution in [-0.2, 0) is 6.42 Å². The van der Waals surface area contributed by atoms with E-state index in [0.717, 1.165) is 27.4 Å². The Morgan fingerprint density at radius 3 is 2.67 bits per heavy atom. The van der Waals surface area contributed by atoms with E-state index >= 15 is 0 Å². The lowest BCUT2D eigenvalue weighted by Crippen LogP contribution is -2.00. The van der Waals surface area contributed by atoms with Gasteiger partial charge in [-0.05, 0) is 24.3 Å². The van der Waals surface area contributed by atoms with E-state index in [0.29, 0.717) is 6.42 Å². The van der Waals surface area contributed by atoms with Gasteiger partial charge in [0.15, 0.2) is 0 Å². The van der Waals surface area contributed by atoms with Crippen LogP contribution in [0.5, 0.6) is 0 Å². The number of nitrogens with zero attached hydrogens (tertiary/aromatic N) is 1. The molecule has 6 heteroatoms. The second kappa shape index (κ2) is 5.87.